The van der Waals surface area contributed by atoms with Gasteiger partial charge >= 0.3 is 0 Å². The van der Waals surface area contributed by atoms with Crippen LogP contribution in [0, 0.1) is 0 Å². The van der Waals surface area contributed by atoms with Gasteiger partial charge < -0.3 is 9.30 Å². The SMILES string of the molecule is CCn1ccnc1CC(CC1CCCO1)NN. The van der Waals surface area contributed by atoms with E-state index in [1.807, 2.05) is 12.4 Å². The largest absolute Gasteiger partial charge is 0.378 e. The van der Waals surface area contributed by atoms with Gasteiger partial charge in [-0.15, -0.1) is 0 Å². The van der Waals surface area contributed by atoms with Gasteiger partial charge in [-0.05, 0) is 26.2 Å². The van der Waals surface area contributed by atoms with Gasteiger partial charge in [-0.3, -0.25) is 11.3 Å². The zero-order valence-corrected chi connectivity index (χ0v) is 10.4. The van der Waals surface area contributed by atoms with Gasteiger partial charge in [0.15, 0.2) is 0 Å². The van der Waals surface area contributed by atoms with Crippen molar-refractivity contribution in [2.45, 2.75) is 51.3 Å². The predicted octanol–water partition coefficient (Wildman–Crippen LogP) is 0.847. The summed E-state index contributed by atoms with van der Waals surface area (Å²) in [4.78, 5) is 4.38. The Labute approximate surface area is 102 Å². The lowest BCUT2D eigenvalue weighted by molar-refractivity contribution is 0.0943. The summed E-state index contributed by atoms with van der Waals surface area (Å²) in [5.74, 6) is 6.71. The molecular formula is C12H22N4O. The minimum absolute atomic E-state index is 0.241. The number of aryl methyl sites for hydroxylation is 1. The smallest absolute Gasteiger partial charge is 0.110 e. The Morgan fingerprint density at radius 3 is 3.24 bits per heavy atom. The van der Waals surface area contributed by atoms with Crippen molar-refractivity contribution in [1.29, 1.82) is 0 Å². The van der Waals surface area contributed by atoms with Gasteiger partial charge in [0, 0.05) is 38.0 Å². The molecule has 5 heteroatoms. The predicted molar refractivity (Wildman–Crippen MR) is 66.3 cm³/mol. The number of hydrogen-bond acceptors (Lipinski definition) is 4. The lowest BCUT2D eigenvalue weighted by atomic mass is 10.0. The fourth-order valence-corrected chi connectivity index (χ4v) is 2.40. The third-order valence-electron chi connectivity index (χ3n) is 3.38. The maximum atomic E-state index is 5.64. The molecule has 0 radical (unpaired) electrons. The summed E-state index contributed by atoms with van der Waals surface area (Å²) >= 11 is 0. The van der Waals surface area contributed by atoms with E-state index in [0.717, 1.165) is 38.2 Å². The molecule has 17 heavy (non-hydrogen) atoms. The average Bonchev–Trinajstić information content (AvgIpc) is 2.99. The zero-order chi connectivity index (χ0) is 12.1. The number of nitrogens with two attached hydrogens (primary N) is 1. The molecule has 0 saturated carbocycles. The molecule has 2 unspecified atom stereocenters. The van der Waals surface area contributed by atoms with Crippen LogP contribution < -0.4 is 11.3 Å². The molecule has 2 rings (SSSR count). The van der Waals surface area contributed by atoms with E-state index in [0.29, 0.717) is 6.10 Å². The maximum Gasteiger partial charge on any atom is 0.110 e. The summed E-state index contributed by atoms with van der Waals surface area (Å²) in [6, 6.07) is 0.241. The first-order valence-electron chi connectivity index (χ1n) is 6.41. The van der Waals surface area contributed by atoms with E-state index in [2.05, 4.69) is 21.9 Å². The van der Waals surface area contributed by atoms with E-state index < -0.39 is 0 Å². The van der Waals surface area contributed by atoms with Crippen molar-refractivity contribution >= 4 is 0 Å². The minimum Gasteiger partial charge on any atom is -0.378 e. The Hall–Kier alpha value is -0.910. The van der Waals surface area contributed by atoms with Crippen molar-refractivity contribution < 1.29 is 4.74 Å². The summed E-state index contributed by atoms with van der Waals surface area (Å²) in [5.41, 5.74) is 2.89. The highest BCUT2D eigenvalue weighted by molar-refractivity contribution is 4.95. The van der Waals surface area contributed by atoms with Gasteiger partial charge in [0.25, 0.3) is 0 Å². The van der Waals surface area contributed by atoms with Crippen LogP contribution in [0.1, 0.15) is 32.0 Å². The first-order valence-corrected chi connectivity index (χ1v) is 6.41. The molecule has 1 fully saturated rings. The van der Waals surface area contributed by atoms with Crippen LogP contribution in [-0.2, 0) is 17.7 Å². The van der Waals surface area contributed by atoms with Crippen LogP contribution in [0.4, 0.5) is 0 Å². The van der Waals surface area contributed by atoms with E-state index in [-0.39, 0.29) is 6.04 Å². The van der Waals surface area contributed by atoms with Gasteiger partial charge in [0.1, 0.15) is 5.82 Å². The van der Waals surface area contributed by atoms with Crippen LogP contribution in [0.15, 0.2) is 12.4 Å². The van der Waals surface area contributed by atoms with Crippen molar-refractivity contribution in [3.8, 4) is 0 Å². The fraction of sp³-hybridized carbons (Fsp3) is 0.750. The highest BCUT2D eigenvalue weighted by Gasteiger charge is 2.21. The Morgan fingerprint density at radius 1 is 1.71 bits per heavy atom. The number of hydrazine groups is 1. The molecule has 0 spiro atoms. The highest BCUT2D eigenvalue weighted by atomic mass is 16.5. The van der Waals surface area contributed by atoms with E-state index in [1.165, 1.54) is 6.42 Å². The number of rotatable bonds is 6. The van der Waals surface area contributed by atoms with Gasteiger partial charge in [-0.1, -0.05) is 0 Å². The highest BCUT2D eigenvalue weighted by Crippen LogP contribution is 2.18. The summed E-state index contributed by atoms with van der Waals surface area (Å²) < 4.78 is 7.79. The first-order chi connectivity index (χ1) is 8.33. The number of imidazole rings is 1. The molecule has 2 atom stereocenters. The lowest BCUT2D eigenvalue weighted by Gasteiger charge is -2.19. The molecule has 0 amide bonds. The van der Waals surface area contributed by atoms with Crippen LogP contribution in [-0.4, -0.2) is 28.3 Å². The molecule has 0 bridgehead atoms. The molecule has 0 aliphatic carbocycles. The van der Waals surface area contributed by atoms with Crippen molar-refractivity contribution in [3.63, 3.8) is 0 Å². The van der Waals surface area contributed by atoms with Crippen LogP contribution in [0.5, 0.6) is 0 Å². The van der Waals surface area contributed by atoms with Crippen molar-refractivity contribution in [2.75, 3.05) is 6.61 Å². The topological polar surface area (TPSA) is 65.1 Å². The molecule has 1 aromatic rings. The second kappa shape index (κ2) is 6.14. The number of nitrogens with one attached hydrogen (secondary N) is 1. The molecule has 96 valence electrons. The quantitative estimate of drug-likeness (QED) is 0.569. The van der Waals surface area contributed by atoms with Crippen molar-refractivity contribution in [3.05, 3.63) is 18.2 Å². The van der Waals surface area contributed by atoms with Crippen molar-refractivity contribution in [2.24, 2.45) is 5.84 Å². The Bertz CT molecular complexity index is 333. The van der Waals surface area contributed by atoms with E-state index >= 15 is 0 Å². The van der Waals surface area contributed by atoms with Crippen LogP contribution in [0.25, 0.3) is 0 Å². The Kier molecular flexibility index (Phi) is 4.53. The normalized spacial score (nSPS) is 21.9. The lowest BCUT2D eigenvalue weighted by Crippen LogP contribution is -2.39. The van der Waals surface area contributed by atoms with Gasteiger partial charge in [0.05, 0.1) is 6.10 Å². The van der Waals surface area contributed by atoms with Crippen molar-refractivity contribution in [1.82, 2.24) is 15.0 Å². The van der Waals surface area contributed by atoms with Crippen LogP contribution in [0.2, 0.25) is 0 Å². The standard InChI is InChI=1S/C12H22N4O/c1-2-16-6-5-14-12(16)9-10(15-13)8-11-4-3-7-17-11/h5-6,10-11,15H,2-4,7-9,13H2,1H3. The van der Waals surface area contributed by atoms with Crippen LogP contribution >= 0.6 is 0 Å². The fourth-order valence-electron chi connectivity index (χ4n) is 2.40. The minimum atomic E-state index is 0.241. The number of aromatic nitrogens is 2. The molecule has 1 saturated heterocycles. The maximum absolute atomic E-state index is 5.64. The molecule has 2 heterocycles. The second-order valence-corrected chi connectivity index (χ2v) is 4.57. The number of ether oxygens (including phenoxy) is 1. The Morgan fingerprint density at radius 2 is 2.59 bits per heavy atom. The molecule has 1 aliphatic heterocycles. The monoisotopic (exact) mass is 238 g/mol. The zero-order valence-electron chi connectivity index (χ0n) is 10.4. The summed E-state index contributed by atoms with van der Waals surface area (Å²) in [6.45, 7) is 3.97. The van der Waals surface area contributed by atoms with E-state index in [9.17, 15) is 0 Å². The average molecular weight is 238 g/mol. The second-order valence-electron chi connectivity index (χ2n) is 4.57. The summed E-state index contributed by atoms with van der Waals surface area (Å²) in [7, 11) is 0. The first kappa shape index (κ1) is 12.5. The number of hydrogen-bond donors (Lipinski definition) is 2. The number of nitrogens with zero attached hydrogens (tertiary/aromatic N) is 2. The molecule has 1 aromatic heterocycles. The molecule has 3 N–H and O–H groups in total. The van der Waals surface area contributed by atoms with Gasteiger partial charge in [-0.2, -0.15) is 0 Å². The molecule has 0 aromatic carbocycles. The van der Waals surface area contributed by atoms with E-state index in [4.69, 9.17) is 10.6 Å². The summed E-state index contributed by atoms with van der Waals surface area (Å²) in [6.07, 6.45) is 8.37. The van der Waals surface area contributed by atoms with E-state index in [1.54, 1.807) is 0 Å². The molecule has 1 aliphatic rings. The molecular weight excluding hydrogens is 216 g/mol. The third kappa shape index (κ3) is 3.28. The summed E-state index contributed by atoms with van der Waals surface area (Å²) in [5, 5.41) is 0. The Balaban J connectivity index is 1.90. The van der Waals surface area contributed by atoms with Crippen LogP contribution in [0.3, 0.4) is 0 Å². The van der Waals surface area contributed by atoms with Gasteiger partial charge in [0.2, 0.25) is 0 Å². The van der Waals surface area contributed by atoms with Gasteiger partial charge in [-0.25, -0.2) is 4.98 Å². The third-order valence-corrected chi connectivity index (χ3v) is 3.38. The molecule has 5 nitrogen and oxygen atoms in total.